The van der Waals surface area contributed by atoms with E-state index in [1.165, 1.54) is 31.2 Å². The SMILES string of the molecule is Cl.c1cc2c(cc1CNC1CCCC1)OCCO2. The Kier molecular flexibility index (Phi) is 4.72. The molecule has 0 bridgehead atoms. The minimum absolute atomic E-state index is 0. The lowest BCUT2D eigenvalue weighted by molar-refractivity contribution is 0.171. The highest BCUT2D eigenvalue weighted by atomic mass is 35.5. The number of ether oxygens (including phenoxy) is 2. The van der Waals surface area contributed by atoms with Crippen LogP contribution in [-0.4, -0.2) is 19.3 Å². The summed E-state index contributed by atoms with van der Waals surface area (Å²) in [6, 6.07) is 6.94. The van der Waals surface area contributed by atoms with Crippen LogP contribution in [0.25, 0.3) is 0 Å². The first kappa shape index (κ1) is 13.5. The van der Waals surface area contributed by atoms with E-state index in [1.54, 1.807) is 0 Å². The van der Waals surface area contributed by atoms with E-state index in [0.29, 0.717) is 19.3 Å². The van der Waals surface area contributed by atoms with Crippen LogP contribution in [0.1, 0.15) is 31.2 Å². The highest BCUT2D eigenvalue weighted by molar-refractivity contribution is 5.85. The molecule has 1 aromatic rings. The van der Waals surface area contributed by atoms with E-state index in [1.807, 2.05) is 6.07 Å². The van der Waals surface area contributed by atoms with Crippen molar-refractivity contribution >= 4 is 12.4 Å². The Bertz CT molecular complexity index is 391. The molecular formula is C14H20ClNO2. The van der Waals surface area contributed by atoms with Crippen molar-refractivity contribution < 1.29 is 9.47 Å². The minimum atomic E-state index is 0. The summed E-state index contributed by atoms with van der Waals surface area (Å²) in [5.74, 6) is 1.77. The van der Waals surface area contributed by atoms with Crippen LogP contribution in [0.2, 0.25) is 0 Å². The molecule has 4 heteroatoms. The Hall–Kier alpha value is -0.930. The van der Waals surface area contributed by atoms with Crippen LogP contribution in [0.5, 0.6) is 11.5 Å². The van der Waals surface area contributed by atoms with Crippen LogP contribution >= 0.6 is 12.4 Å². The summed E-state index contributed by atoms with van der Waals surface area (Å²) in [5.41, 5.74) is 1.28. The van der Waals surface area contributed by atoms with Crippen molar-refractivity contribution in [3.8, 4) is 11.5 Å². The predicted octanol–water partition coefficient (Wildman–Crippen LogP) is 2.91. The molecule has 3 nitrogen and oxygen atoms in total. The van der Waals surface area contributed by atoms with Gasteiger partial charge >= 0.3 is 0 Å². The van der Waals surface area contributed by atoms with E-state index in [-0.39, 0.29) is 12.4 Å². The molecule has 100 valence electrons. The van der Waals surface area contributed by atoms with Crippen molar-refractivity contribution in [3.63, 3.8) is 0 Å². The third-order valence-electron chi connectivity index (χ3n) is 3.56. The summed E-state index contributed by atoms with van der Waals surface area (Å²) >= 11 is 0. The number of benzene rings is 1. The van der Waals surface area contributed by atoms with Gasteiger partial charge in [0.25, 0.3) is 0 Å². The summed E-state index contributed by atoms with van der Waals surface area (Å²) in [6.07, 6.45) is 5.40. The largest absolute Gasteiger partial charge is 0.486 e. The molecule has 1 fully saturated rings. The molecule has 0 spiro atoms. The standard InChI is InChI=1S/C14H19NO2.ClH/c1-2-4-12(3-1)15-10-11-5-6-13-14(9-11)17-8-7-16-13;/h5-6,9,12,15H,1-4,7-8,10H2;1H. The van der Waals surface area contributed by atoms with Crippen LogP contribution in [-0.2, 0) is 6.54 Å². The molecular weight excluding hydrogens is 250 g/mol. The lowest BCUT2D eigenvalue weighted by atomic mass is 10.1. The van der Waals surface area contributed by atoms with Gasteiger partial charge in [0.05, 0.1) is 0 Å². The van der Waals surface area contributed by atoms with Gasteiger partial charge in [0, 0.05) is 12.6 Å². The second-order valence-electron chi connectivity index (χ2n) is 4.84. The van der Waals surface area contributed by atoms with E-state index in [9.17, 15) is 0 Å². The number of hydrogen-bond acceptors (Lipinski definition) is 3. The second kappa shape index (κ2) is 6.30. The molecule has 3 rings (SSSR count). The Balaban J connectivity index is 0.00000120. The van der Waals surface area contributed by atoms with Crippen LogP contribution in [0.4, 0.5) is 0 Å². The lowest BCUT2D eigenvalue weighted by Gasteiger charge is -2.19. The quantitative estimate of drug-likeness (QED) is 0.915. The van der Waals surface area contributed by atoms with Gasteiger partial charge in [-0.1, -0.05) is 18.9 Å². The summed E-state index contributed by atoms with van der Waals surface area (Å²) < 4.78 is 11.1. The molecule has 1 aromatic carbocycles. The van der Waals surface area contributed by atoms with E-state index >= 15 is 0 Å². The molecule has 0 atom stereocenters. The van der Waals surface area contributed by atoms with Gasteiger partial charge in [-0.15, -0.1) is 12.4 Å². The van der Waals surface area contributed by atoms with Gasteiger partial charge in [-0.05, 0) is 30.5 Å². The average Bonchev–Trinajstić information content (AvgIpc) is 2.89. The van der Waals surface area contributed by atoms with E-state index in [4.69, 9.17) is 9.47 Å². The van der Waals surface area contributed by atoms with Crippen molar-refractivity contribution in [3.05, 3.63) is 23.8 Å². The fourth-order valence-corrected chi connectivity index (χ4v) is 2.59. The van der Waals surface area contributed by atoms with Gasteiger partial charge in [0.1, 0.15) is 13.2 Å². The molecule has 2 aliphatic rings. The number of hydrogen-bond donors (Lipinski definition) is 1. The van der Waals surface area contributed by atoms with E-state index in [2.05, 4.69) is 17.4 Å². The van der Waals surface area contributed by atoms with Gasteiger partial charge < -0.3 is 14.8 Å². The molecule has 0 radical (unpaired) electrons. The van der Waals surface area contributed by atoms with Crippen molar-refractivity contribution in [2.24, 2.45) is 0 Å². The summed E-state index contributed by atoms with van der Waals surface area (Å²) in [4.78, 5) is 0. The van der Waals surface area contributed by atoms with Gasteiger partial charge in [-0.25, -0.2) is 0 Å². The third kappa shape index (κ3) is 3.09. The number of halogens is 1. The lowest BCUT2D eigenvalue weighted by Crippen LogP contribution is -2.25. The van der Waals surface area contributed by atoms with Gasteiger partial charge in [0.2, 0.25) is 0 Å². The third-order valence-corrected chi connectivity index (χ3v) is 3.56. The first-order valence-electron chi connectivity index (χ1n) is 6.54. The van der Waals surface area contributed by atoms with Gasteiger partial charge in [0.15, 0.2) is 11.5 Å². The van der Waals surface area contributed by atoms with Crippen molar-refractivity contribution in [2.75, 3.05) is 13.2 Å². The molecule has 0 unspecified atom stereocenters. The van der Waals surface area contributed by atoms with E-state index in [0.717, 1.165) is 18.0 Å². The normalized spacial score (nSPS) is 18.4. The van der Waals surface area contributed by atoms with Crippen LogP contribution in [0, 0.1) is 0 Å². The van der Waals surface area contributed by atoms with Crippen LogP contribution in [0.3, 0.4) is 0 Å². The zero-order valence-corrected chi connectivity index (χ0v) is 11.3. The smallest absolute Gasteiger partial charge is 0.161 e. The minimum Gasteiger partial charge on any atom is -0.486 e. The first-order valence-corrected chi connectivity index (χ1v) is 6.54. The summed E-state index contributed by atoms with van der Waals surface area (Å²) in [6.45, 7) is 2.25. The maximum Gasteiger partial charge on any atom is 0.161 e. The Morgan fingerprint density at radius 2 is 1.78 bits per heavy atom. The zero-order valence-electron chi connectivity index (χ0n) is 10.5. The molecule has 1 saturated carbocycles. The van der Waals surface area contributed by atoms with Gasteiger partial charge in [-0.3, -0.25) is 0 Å². The second-order valence-corrected chi connectivity index (χ2v) is 4.84. The summed E-state index contributed by atoms with van der Waals surface area (Å²) in [5, 5.41) is 3.61. The highest BCUT2D eigenvalue weighted by Crippen LogP contribution is 2.30. The molecule has 1 aliphatic carbocycles. The number of nitrogens with one attached hydrogen (secondary N) is 1. The molecule has 0 aromatic heterocycles. The Morgan fingerprint density at radius 3 is 2.56 bits per heavy atom. The van der Waals surface area contributed by atoms with Gasteiger partial charge in [-0.2, -0.15) is 0 Å². The number of rotatable bonds is 3. The zero-order chi connectivity index (χ0) is 11.5. The van der Waals surface area contributed by atoms with Crippen LogP contribution < -0.4 is 14.8 Å². The van der Waals surface area contributed by atoms with Crippen molar-refractivity contribution in [2.45, 2.75) is 38.3 Å². The average molecular weight is 270 g/mol. The molecule has 18 heavy (non-hydrogen) atoms. The van der Waals surface area contributed by atoms with Crippen molar-refractivity contribution in [1.82, 2.24) is 5.32 Å². The highest BCUT2D eigenvalue weighted by Gasteiger charge is 2.15. The topological polar surface area (TPSA) is 30.5 Å². The van der Waals surface area contributed by atoms with E-state index < -0.39 is 0 Å². The predicted molar refractivity (Wildman–Crippen MR) is 73.8 cm³/mol. The Labute approximate surface area is 114 Å². The van der Waals surface area contributed by atoms with Crippen LogP contribution in [0.15, 0.2) is 18.2 Å². The maximum atomic E-state index is 5.58. The Morgan fingerprint density at radius 1 is 1.06 bits per heavy atom. The molecule has 1 N–H and O–H groups in total. The monoisotopic (exact) mass is 269 g/mol. The fourth-order valence-electron chi connectivity index (χ4n) is 2.59. The molecule has 1 heterocycles. The first-order chi connectivity index (χ1) is 8.42. The molecule has 0 amide bonds. The summed E-state index contributed by atoms with van der Waals surface area (Å²) in [7, 11) is 0. The fraction of sp³-hybridized carbons (Fsp3) is 0.571. The molecule has 1 aliphatic heterocycles. The number of fused-ring (bicyclic) bond motifs is 1. The molecule has 0 saturated heterocycles. The maximum absolute atomic E-state index is 5.58. The van der Waals surface area contributed by atoms with Crippen molar-refractivity contribution in [1.29, 1.82) is 0 Å².